The van der Waals surface area contributed by atoms with Crippen LogP contribution in [0.5, 0.6) is 0 Å². The minimum Gasteiger partial charge on any atom is -0.378 e. The van der Waals surface area contributed by atoms with Gasteiger partial charge in [-0.3, -0.25) is 15.0 Å². The second kappa shape index (κ2) is 8.32. The summed E-state index contributed by atoms with van der Waals surface area (Å²) in [6.07, 6.45) is 3.55. The lowest BCUT2D eigenvalue weighted by Crippen LogP contribution is -2.43. The number of likely N-dealkylation sites (tertiary alicyclic amines) is 1. The summed E-state index contributed by atoms with van der Waals surface area (Å²) in [7, 11) is 0. The van der Waals surface area contributed by atoms with Crippen LogP contribution in [0.15, 0.2) is 42.5 Å². The van der Waals surface area contributed by atoms with Gasteiger partial charge in [0.1, 0.15) is 5.69 Å². The lowest BCUT2D eigenvalue weighted by molar-refractivity contribution is -0.384. The van der Waals surface area contributed by atoms with E-state index in [1.165, 1.54) is 18.4 Å². The van der Waals surface area contributed by atoms with Crippen molar-refractivity contribution >= 4 is 11.4 Å². The topological polar surface area (TPSA) is 58.4 Å². The van der Waals surface area contributed by atoms with E-state index in [1.807, 2.05) is 26.0 Å². The molecule has 1 unspecified atom stereocenters. The number of nitro benzene ring substituents is 1. The average molecular weight is 353 g/mol. The molecule has 1 saturated heterocycles. The Kier molecular flexibility index (Phi) is 5.89. The zero-order valence-electron chi connectivity index (χ0n) is 15.6. The van der Waals surface area contributed by atoms with Gasteiger partial charge >= 0.3 is 0 Å². The highest BCUT2D eigenvalue weighted by Crippen LogP contribution is 2.29. The van der Waals surface area contributed by atoms with Crippen molar-refractivity contribution < 1.29 is 4.92 Å². The van der Waals surface area contributed by atoms with Gasteiger partial charge in [-0.05, 0) is 56.0 Å². The maximum absolute atomic E-state index is 11.4. The Morgan fingerprint density at radius 1 is 1.15 bits per heavy atom. The first-order chi connectivity index (χ1) is 12.5. The molecule has 0 amide bonds. The lowest BCUT2D eigenvalue weighted by Gasteiger charge is -2.36. The minimum atomic E-state index is -0.294. The quantitative estimate of drug-likeness (QED) is 0.605. The standard InChI is InChI=1S/C21H27N3O2/c1-16-12-20(21(24(25)26)13-17(16)2)22-14-19-10-6-7-11-23(19)15-18-8-4-3-5-9-18/h3-5,8-9,12-13,19,22H,6-7,10-11,14-15H2,1-2H3. The van der Waals surface area contributed by atoms with Crippen LogP contribution in [0.4, 0.5) is 11.4 Å². The van der Waals surface area contributed by atoms with Crippen LogP contribution in [0.3, 0.4) is 0 Å². The van der Waals surface area contributed by atoms with Crippen molar-refractivity contribution in [2.24, 2.45) is 0 Å². The van der Waals surface area contributed by atoms with E-state index in [9.17, 15) is 10.1 Å². The molecule has 1 aliphatic heterocycles. The molecule has 26 heavy (non-hydrogen) atoms. The summed E-state index contributed by atoms with van der Waals surface area (Å²) >= 11 is 0. The Labute approximate surface area is 155 Å². The molecule has 0 spiro atoms. The van der Waals surface area contributed by atoms with Gasteiger partial charge in [0.25, 0.3) is 5.69 Å². The van der Waals surface area contributed by atoms with Crippen LogP contribution in [-0.4, -0.2) is 29.0 Å². The summed E-state index contributed by atoms with van der Waals surface area (Å²) < 4.78 is 0. The summed E-state index contributed by atoms with van der Waals surface area (Å²) in [5.41, 5.74) is 4.13. The fourth-order valence-electron chi connectivity index (χ4n) is 3.64. The highest BCUT2D eigenvalue weighted by Gasteiger charge is 2.23. The Bertz CT molecular complexity index is 761. The van der Waals surface area contributed by atoms with E-state index in [0.29, 0.717) is 11.7 Å². The van der Waals surface area contributed by atoms with Crippen LogP contribution in [0.2, 0.25) is 0 Å². The molecule has 1 aliphatic rings. The number of nitrogens with one attached hydrogen (secondary N) is 1. The van der Waals surface area contributed by atoms with Gasteiger partial charge in [-0.15, -0.1) is 0 Å². The molecular formula is C21H27N3O2. The maximum Gasteiger partial charge on any atom is 0.292 e. The Balaban J connectivity index is 1.71. The number of anilines is 1. The van der Waals surface area contributed by atoms with E-state index in [0.717, 1.165) is 37.2 Å². The van der Waals surface area contributed by atoms with E-state index in [-0.39, 0.29) is 10.6 Å². The molecule has 1 heterocycles. The summed E-state index contributed by atoms with van der Waals surface area (Å²) in [6.45, 7) is 6.65. The third-order valence-corrected chi connectivity index (χ3v) is 5.31. The number of aryl methyl sites for hydroxylation is 2. The third kappa shape index (κ3) is 4.41. The molecule has 3 rings (SSSR count). The zero-order valence-corrected chi connectivity index (χ0v) is 15.6. The number of benzene rings is 2. The van der Waals surface area contributed by atoms with Crippen molar-refractivity contribution in [3.05, 3.63) is 69.3 Å². The molecule has 0 aromatic heterocycles. The molecule has 1 N–H and O–H groups in total. The summed E-state index contributed by atoms with van der Waals surface area (Å²) in [5, 5.41) is 14.8. The molecule has 5 nitrogen and oxygen atoms in total. The van der Waals surface area contributed by atoms with Gasteiger partial charge in [0.2, 0.25) is 0 Å². The molecule has 0 saturated carbocycles. The predicted molar refractivity (Wildman–Crippen MR) is 106 cm³/mol. The van der Waals surface area contributed by atoms with Crippen molar-refractivity contribution in [1.29, 1.82) is 0 Å². The molecule has 2 aromatic carbocycles. The molecule has 0 radical (unpaired) electrons. The highest BCUT2D eigenvalue weighted by molar-refractivity contribution is 5.64. The molecular weight excluding hydrogens is 326 g/mol. The zero-order chi connectivity index (χ0) is 18.5. The molecule has 5 heteroatoms. The Morgan fingerprint density at radius 2 is 1.88 bits per heavy atom. The van der Waals surface area contributed by atoms with Gasteiger partial charge < -0.3 is 5.32 Å². The molecule has 2 aromatic rings. The molecule has 1 fully saturated rings. The highest BCUT2D eigenvalue weighted by atomic mass is 16.6. The van der Waals surface area contributed by atoms with Crippen molar-refractivity contribution in [2.75, 3.05) is 18.4 Å². The van der Waals surface area contributed by atoms with Crippen LogP contribution in [0.25, 0.3) is 0 Å². The summed E-state index contributed by atoms with van der Waals surface area (Å²) in [5.74, 6) is 0. The molecule has 0 aliphatic carbocycles. The summed E-state index contributed by atoms with van der Waals surface area (Å²) in [4.78, 5) is 13.6. The van der Waals surface area contributed by atoms with Gasteiger partial charge in [0.15, 0.2) is 0 Å². The molecule has 1 atom stereocenters. The third-order valence-electron chi connectivity index (χ3n) is 5.31. The molecule has 138 valence electrons. The first kappa shape index (κ1) is 18.4. The fourth-order valence-corrected chi connectivity index (χ4v) is 3.64. The van der Waals surface area contributed by atoms with E-state index in [1.54, 1.807) is 6.07 Å². The van der Waals surface area contributed by atoms with Gasteiger partial charge in [-0.25, -0.2) is 0 Å². The first-order valence-corrected chi connectivity index (χ1v) is 9.32. The Morgan fingerprint density at radius 3 is 2.62 bits per heavy atom. The number of piperidine rings is 1. The first-order valence-electron chi connectivity index (χ1n) is 9.32. The number of nitrogens with zero attached hydrogens (tertiary/aromatic N) is 2. The number of hydrogen-bond donors (Lipinski definition) is 1. The number of nitro groups is 1. The van der Waals surface area contributed by atoms with E-state index < -0.39 is 0 Å². The van der Waals surface area contributed by atoms with Crippen molar-refractivity contribution in [3.8, 4) is 0 Å². The van der Waals surface area contributed by atoms with Crippen LogP contribution in [0.1, 0.15) is 36.0 Å². The largest absolute Gasteiger partial charge is 0.378 e. The van der Waals surface area contributed by atoms with Crippen molar-refractivity contribution in [1.82, 2.24) is 4.90 Å². The van der Waals surface area contributed by atoms with Crippen LogP contribution in [0, 0.1) is 24.0 Å². The van der Waals surface area contributed by atoms with E-state index in [2.05, 4.69) is 34.5 Å². The second-order valence-electron chi connectivity index (χ2n) is 7.20. The average Bonchev–Trinajstić information content (AvgIpc) is 2.64. The van der Waals surface area contributed by atoms with Crippen LogP contribution >= 0.6 is 0 Å². The van der Waals surface area contributed by atoms with Gasteiger partial charge in [0.05, 0.1) is 4.92 Å². The number of rotatable bonds is 6. The van der Waals surface area contributed by atoms with Crippen LogP contribution < -0.4 is 5.32 Å². The van der Waals surface area contributed by atoms with Crippen LogP contribution in [-0.2, 0) is 6.54 Å². The smallest absolute Gasteiger partial charge is 0.292 e. The van der Waals surface area contributed by atoms with Crippen molar-refractivity contribution in [2.45, 2.75) is 45.7 Å². The van der Waals surface area contributed by atoms with E-state index in [4.69, 9.17) is 0 Å². The SMILES string of the molecule is Cc1cc(NCC2CCCCN2Cc2ccccc2)c([N+](=O)[O-])cc1C. The monoisotopic (exact) mass is 353 g/mol. The number of hydrogen-bond acceptors (Lipinski definition) is 4. The predicted octanol–water partition coefficient (Wildman–Crippen LogP) is 4.68. The minimum absolute atomic E-state index is 0.165. The van der Waals surface area contributed by atoms with Gasteiger partial charge in [0, 0.05) is 25.2 Å². The van der Waals surface area contributed by atoms with Crippen molar-refractivity contribution in [3.63, 3.8) is 0 Å². The van der Waals surface area contributed by atoms with E-state index >= 15 is 0 Å². The summed E-state index contributed by atoms with van der Waals surface area (Å²) in [6, 6.07) is 14.5. The molecule has 0 bridgehead atoms. The Hall–Kier alpha value is -2.40. The van der Waals surface area contributed by atoms with Gasteiger partial charge in [-0.1, -0.05) is 36.8 Å². The fraction of sp³-hybridized carbons (Fsp3) is 0.429. The maximum atomic E-state index is 11.4. The normalized spacial score (nSPS) is 17.8. The van der Waals surface area contributed by atoms with Gasteiger partial charge in [-0.2, -0.15) is 0 Å². The lowest BCUT2D eigenvalue weighted by atomic mass is 10.0. The second-order valence-corrected chi connectivity index (χ2v) is 7.20.